The Kier molecular flexibility index (Phi) is 7.30. The van der Waals surface area contributed by atoms with Crippen LogP contribution in [0.5, 0.6) is 0 Å². The molecule has 3 heterocycles. The molecule has 33 heavy (non-hydrogen) atoms. The van der Waals surface area contributed by atoms with E-state index < -0.39 is 11.4 Å². The fraction of sp³-hybridized carbons (Fsp3) is 0.476. The van der Waals surface area contributed by atoms with Crippen LogP contribution in [0.25, 0.3) is 0 Å². The molecule has 0 bridgehead atoms. The van der Waals surface area contributed by atoms with Crippen molar-refractivity contribution in [2.24, 2.45) is 0 Å². The van der Waals surface area contributed by atoms with Gasteiger partial charge < -0.3 is 15.4 Å². The summed E-state index contributed by atoms with van der Waals surface area (Å²) in [5, 5.41) is 21.9. The largest absolute Gasteiger partial charge is 0.378 e. The van der Waals surface area contributed by atoms with E-state index in [1.807, 2.05) is 13.8 Å². The minimum Gasteiger partial charge on any atom is -0.378 e. The van der Waals surface area contributed by atoms with Crippen LogP contribution in [-0.2, 0) is 15.1 Å². The summed E-state index contributed by atoms with van der Waals surface area (Å²) in [4.78, 5) is 27.2. The number of halogens is 2. The standard InChI is InChI=1S/C21H25ClN6O4.ClH/c1-11-9-13(7-8-31-11)28-16(29)10-21(3,25-20(28)23)14-5-4-6-15(17(14)22)24-19(30)18-12(2)26-32-27-18;/h4-6,11,13H,7-10H2,1-3H3,(H2,23,25)(H,24,30);1H/t11-,13-,21+;/m1./s1. The zero-order valence-electron chi connectivity index (χ0n) is 18.5. The van der Waals surface area contributed by atoms with Crippen LogP contribution in [0.3, 0.4) is 0 Å². The second kappa shape index (κ2) is 9.66. The van der Waals surface area contributed by atoms with Crippen LogP contribution in [0.4, 0.5) is 5.69 Å². The fourth-order valence-electron chi connectivity index (χ4n) is 4.31. The maximum Gasteiger partial charge on any atom is 0.279 e. The lowest BCUT2D eigenvalue weighted by Gasteiger charge is -2.45. The number of benzene rings is 1. The summed E-state index contributed by atoms with van der Waals surface area (Å²) in [6.45, 7) is 5.96. The summed E-state index contributed by atoms with van der Waals surface area (Å²) in [6.07, 6.45) is 1.53. The predicted molar refractivity (Wildman–Crippen MR) is 124 cm³/mol. The monoisotopic (exact) mass is 496 g/mol. The Balaban J connectivity index is 0.00000306. The topological polar surface area (TPSA) is 133 Å². The number of hydrogen-bond acceptors (Lipinski definition) is 7. The van der Waals surface area contributed by atoms with Gasteiger partial charge >= 0.3 is 0 Å². The number of amides is 2. The van der Waals surface area contributed by atoms with Crippen LogP contribution >= 0.6 is 24.0 Å². The molecule has 2 aromatic rings. The van der Waals surface area contributed by atoms with Gasteiger partial charge in [0.2, 0.25) is 5.91 Å². The molecule has 2 amide bonds. The molecule has 0 aliphatic carbocycles. The number of hydrogen-bond donors (Lipinski definition) is 3. The van der Waals surface area contributed by atoms with E-state index in [4.69, 9.17) is 21.7 Å². The van der Waals surface area contributed by atoms with Crippen LogP contribution < -0.4 is 10.6 Å². The van der Waals surface area contributed by atoms with Gasteiger partial charge in [0.05, 0.1) is 28.8 Å². The molecule has 3 atom stereocenters. The van der Waals surface area contributed by atoms with E-state index in [-0.39, 0.29) is 53.6 Å². The van der Waals surface area contributed by atoms with Gasteiger partial charge in [0, 0.05) is 12.6 Å². The Morgan fingerprint density at radius 2 is 2.15 bits per heavy atom. The van der Waals surface area contributed by atoms with E-state index >= 15 is 0 Å². The minimum atomic E-state index is -0.912. The third-order valence-electron chi connectivity index (χ3n) is 5.94. The quantitative estimate of drug-likeness (QED) is 0.591. The average molecular weight is 497 g/mol. The molecule has 0 saturated carbocycles. The van der Waals surface area contributed by atoms with Crippen LogP contribution in [0.2, 0.25) is 5.02 Å². The third kappa shape index (κ3) is 4.83. The molecule has 1 aromatic heterocycles. The van der Waals surface area contributed by atoms with Crippen molar-refractivity contribution in [3.63, 3.8) is 0 Å². The predicted octanol–water partition coefficient (Wildman–Crippen LogP) is 3.24. The van der Waals surface area contributed by atoms with E-state index in [0.29, 0.717) is 36.4 Å². The number of carbonyl (C=O) groups excluding carboxylic acids is 2. The highest BCUT2D eigenvalue weighted by atomic mass is 35.5. The molecule has 2 aliphatic rings. The zero-order valence-corrected chi connectivity index (χ0v) is 20.0. The Labute approximate surface area is 202 Å². The van der Waals surface area contributed by atoms with E-state index in [0.717, 1.165) is 0 Å². The molecule has 2 aliphatic heterocycles. The first kappa shape index (κ1) is 24.9. The van der Waals surface area contributed by atoms with E-state index in [2.05, 4.69) is 25.6 Å². The first-order valence-electron chi connectivity index (χ1n) is 10.4. The first-order valence-corrected chi connectivity index (χ1v) is 10.8. The maximum atomic E-state index is 13.1. The molecule has 0 spiro atoms. The molecule has 0 unspecified atom stereocenters. The number of guanidine groups is 1. The van der Waals surface area contributed by atoms with Gasteiger partial charge in [-0.25, -0.2) is 4.63 Å². The molecular formula is C21H26Cl2N6O4. The zero-order chi connectivity index (χ0) is 23.0. The van der Waals surface area contributed by atoms with Gasteiger partial charge in [-0.15, -0.1) is 12.4 Å². The lowest BCUT2D eigenvalue weighted by molar-refractivity contribution is -0.134. The average Bonchev–Trinajstić information content (AvgIpc) is 3.15. The second-order valence-corrected chi connectivity index (χ2v) is 8.80. The Morgan fingerprint density at radius 1 is 1.39 bits per heavy atom. The SMILES string of the molecule is Cc1nonc1C(=O)Nc1cccc([C@]2(C)CC(=O)N([C@@H]3CCO[C@H](C)C3)C(=N)N2)c1Cl.Cl. The van der Waals surface area contributed by atoms with E-state index in [9.17, 15) is 9.59 Å². The van der Waals surface area contributed by atoms with E-state index in [1.165, 1.54) is 4.90 Å². The molecule has 10 nitrogen and oxygen atoms in total. The Hall–Kier alpha value is -2.69. The molecule has 2 saturated heterocycles. The summed E-state index contributed by atoms with van der Waals surface area (Å²) in [5.74, 6) is -0.615. The first-order chi connectivity index (χ1) is 15.2. The van der Waals surface area contributed by atoms with Crippen LogP contribution in [0.15, 0.2) is 22.8 Å². The smallest absolute Gasteiger partial charge is 0.279 e. The van der Waals surface area contributed by atoms with Crippen LogP contribution in [0, 0.1) is 12.3 Å². The van der Waals surface area contributed by atoms with Crippen molar-refractivity contribution in [3.8, 4) is 0 Å². The van der Waals surface area contributed by atoms with Gasteiger partial charge in [0.1, 0.15) is 5.69 Å². The lowest BCUT2D eigenvalue weighted by Crippen LogP contribution is -2.63. The number of carbonyl (C=O) groups is 2. The second-order valence-electron chi connectivity index (χ2n) is 8.43. The fourth-order valence-corrected chi connectivity index (χ4v) is 4.69. The van der Waals surface area contributed by atoms with Gasteiger partial charge in [-0.3, -0.25) is 19.9 Å². The van der Waals surface area contributed by atoms with Crippen molar-refractivity contribution in [1.29, 1.82) is 5.41 Å². The normalized spacial score (nSPS) is 25.3. The molecular weight excluding hydrogens is 471 g/mol. The van der Waals surface area contributed by atoms with Crippen molar-refractivity contribution >= 4 is 47.5 Å². The minimum absolute atomic E-state index is 0. The van der Waals surface area contributed by atoms with Crippen LogP contribution in [-0.4, -0.2) is 51.7 Å². The molecule has 3 N–H and O–H groups in total. The number of ether oxygens (including phenoxy) is 1. The summed E-state index contributed by atoms with van der Waals surface area (Å²) < 4.78 is 10.2. The highest BCUT2D eigenvalue weighted by molar-refractivity contribution is 6.35. The number of aromatic nitrogens is 2. The summed E-state index contributed by atoms with van der Waals surface area (Å²) >= 11 is 6.65. The van der Waals surface area contributed by atoms with Gasteiger partial charge in [0.25, 0.3) is 5.91 Å². The highest BCUT2D eigenvalue weighted by Gasteiger charge is 2.43. The summed E-state index contributed by atoms with van der Waals surface area (Å²) in [5.41, 5.74) is 0.471. The van der Waals surface area contributed by atoms with Gasteiger partial charge in [0.15, 0.2) is 11.7 Å². The molecule has 178 valence electrons. The summed E-state index contributed by atoms with van der Waals surface area (Å²) in [7, 11) is 0. The highest BCUT2D eigenvalue weighted by Crippen LogP contribution is 2.38. The lowest BCUT2D eigenvalue weighted by atomic mass is 9.85. The summed E-state index contributed by atoms with van der Waals surface area (Å²) in [6, 6.07) is 5.09. The molecule has 1 aromatic carbocycles. The van der Waals surface area contributed by atoms with Crippen molar-refractivity contribution in [3.05, 3.63) is 40.2 Å². The molecule has 2 fully saturated rings. The number of nitrogens with one attached hydrogen (secondary N) is 3. The van der Waals surface area contributed by atoms with Crippen LogP contribution in [0.1, 0.15) is 54.9 Å². The third-order valence-corrected chi connectivity index (χ3v) is 6.35. The van der Waals surface area contributed by atoms with Crippen molar-refractivity contribution in [2.45, 2.75) is 57.7 Å². The number of aryl methyl sites for hydroxylation is 1. The molecule has 12 heteroatoms. The van der Waals surface area contributed by atoms with Crippen molar-refractivity contribution in [2.75, 3.05) is 11.9 Å². The van der Waals surface area contributed by atoms with Crippen molar-refractivity contribution in [1.82, 2.24) is 20.5 Å². The van der Waals surface area contributed by atoms with Gasteiger partial charge in [-0.1, -0.05) is 28.9 Å². The molecule has 4 rings (SSSR count). The van der Waals surface area contributed by atoms with Gasteiger partial charge in [-0.05, 0) is 50.4 Å². The molecule has 0 radical (unpaired) electrons. The van der Waals surface area contributed by atoms with Gasteiger partial charge in [-0.2, -0.15) is 0 Å². The number of anilines is 1. The Bertz CT molecular complexity index is 1060. The van der Waals surface area contributed by atoms with E-state index in [1.54, 1.807) is 25.1 Å². The number of rotatable bonds is 4. The Morgan fingerprint density at radius 3 is 2.79 bits per heavy atom. The van der Waals surface area contributed by atoms with Crippen molar-refractivity contribution < 1.29 is 19.0 Å². The number of nitrogens with zero attached hydrogens (tertiary/aromatic N) is 3. The maximum absolute atomic E-state index is 13.1.